The first-order valence-corrected chi connectivity index (χ1v) is 6.57. The normalized spacial score (nSPS) is 19.9. The van der Waals surface area contributed by atoms with Gasteiger partial charge in [0, 0.05) is 5.75 Å². The molecular weight excluding hydrogens is 238 g/mol. The zero-order valence-corrected chi connectivity index (χ0v) is 9.85. The van der Waals surface area contributed by atoms with Crippen molar-refractivity contribution < 1.29 is 9.90 Å². The maximum absolute atomic E-state index is 10.9. The van der Waals surface area contributed by atoms with Gasteiger partial charge in [0.05, 0.1) is 17.1 Å². The molecule has 0 aliphatic carbocycles. The standard InChI is InChI=1S/C11H11N3O2S/c15-11(16)7-1-2-9-10(5-7)14(13-12-9)8-3-4-17-6-8/h1-2,5,8H,3-4,6H2,(H,15,16). The molecule has 1 aromatic carbocycles. The number of nitrogens with zero attached hydrogens (tertiary/aromatic N) is 3. The minimum Gasteiger partial charge on any atom is -0.478 e. The number of carbonyl (C=O) groups is 1. The van der Waals surface area contributed by atoms with Crippen LogP contribution in [0.5, 0.6) is 0 Å². The third kappa shape index (κ3) is 1.78. The second kappa shape index (κ2) is 4.03. The van der Waals surface area contributed by atoms with Crippen molar-refractivity contribution in [3.05, 3.63) is 23.8 Å². The lowest BCUT2D eigenvalue weighted by molar-refractivity contribution is 0.0697. The van der Waals surface area contributed by atoms with Crippen molar-refractivity contribution >= 4 is 28.8 Å². The van der Waals surface area contributed by atoms with Gasteiger partial charge in [-0.15, -0.1) is 5.10 Å². The highest BCUT2D eigenvalue weighted by Crippen LogP contribution is 2.29. The summed E-state index contributed by atoms with van der Waals surface area (Å²) in [6.45, 7) is 0. The second-order valence-electron chi connectivity index (χ2n) is 4.06. The van der Waals surface area contributed by atoms with Crippen LogP contribution in [0.4, 0.5) is 0 Å². The Labute approximate surface area is 102 Å². The molecule has 1 fully saturated rings. The molecule has 1 unspecified atom stereocenters. The van der Waals surface area contributed by atoms with E-state index >= 15 is 0 Å². The largest absolute Gasteiger partial charge is 0.478 e. The van der Waals surface area contributed by atoms with Gasteiger partial charge in [-0.25, -0.2) is 9.48 Å². The van der Waals surface area contributed by atoms with Crippen LogP contribution in [0.1, 0.15) is 22.8 Å². The number of hydrogen-bond donors (Lipinski definition) is 1. The summed E-state index contributed by atoms with van der Waals surface area (Å²) in [5.74, 6) is 1.24. The van der Waals surface area contributed by atoms with Crippen LogP contribution in [0.15, 0.2) is 18.2 Å². The van der Waals surface area contributed by atoms with Crippen molar-refractivity contribution in [2.45, 2.75) is 12.5 Å². The van der Waals surface area contributed by atoms with E-state index in [2.05, 4.69) is 10.3 Å². The molecule has 1 aromatic heterocycles. The molecular formula is C11H11N3O2S. The molecule has 1 aliphatic heterocycles. The number of hydrogen-bond acceptors (Lipinski definition) is 4. The maximum atomic E-state index is 10.9. The van der Waals surface area contributed by atoms with E-state index in [4.69, 9.17) is 5.11 Å². The van der Waals surface area contributed by atoms with Crippen LogP contribution in [-0.4, -0.2) is 37.6 Å². The van der Waals surface area contributed by atoms with Crippen molar-refractivity contribution in [2.24, 2.45) is 0 Å². The van der Waals surface area contributed by atoms with Gasteiger partial charge in [-0.3, -0.25) is 0 Å². The third-order valence-electron chi connectivity index (χ3n) is 2.97. The number of fused-ring (bicyclic) bond motifs is 1. The van der Waals surface area contributed by atoms with E-state index in [-0.39, 0.29) is 5.56 Å². The minimum atomic E-state index is -0.916. The van der Waals surface area contributed by atoms with E-state index in [1.54, 1.807) is 18.2 Å². The summed E-state index contributed by atoms with van der Waals surface area (Å²) in [7, 11) is 0. The van der Waals surface area contributed by atoms with E-state index in [1.165, 1.54) is 0 Å². The summed E-state index contributed by atoms with van der Waals surface area (Å²) in [5, 5.41) is 17.2. The fourth-order valence-electron chi connectivity index (χ4n) is 2.05. The molecule has 88 valence electrons. The molecule has 0 saturated carbocycles. The van der Waals surface area contributed by atoms with Crippen LogP contribution in [0.25, 0.3) is 11.0 Å². The van der Waals surface area contributed by atoms with Crippen LogP contribution in [0, 0.1) is 0 Å². The fraction of sp³-hybridized carbons (Fsp3) is 0.364. The number of aromatic nitrogens is 3. The monoisotopic (exact) mass is 249 g/mol. The summed E-state index contributed by atoms with van der Waals surface area (Å²) in [6, 6.07) is 5.27. The van der Waals surface area contributed by atoms with E-state index in [9.17, 15) is 4.79 Å². The number of carboxylic acids is 1. The molecule has 1 atom stereocenters. The lowest BCUT2D eigenvalue weighted by Gasteiger charge is -2.09. The molecule has 1 N–H and O–H groups in total. The van der Waals surface area contributed by atoms with Gasteiger partial charge in [-0.1, -0.05) is 5.21 Å². The first-order chi connectivity index (χ1) is 8.25. The third-order valence-corrected chi connectivity index (χ3v) is 4.11. The summed E-state index contributed by atoms with van der Waals surface area (Å²) in [5.41, 5.74) is 1.86. The van der Waals surface area contributed by atoms with Crippen molar-refractivity contribution in [1.29, 1.82) is 0 Å². The van der Waals surface area contributed by atoms with E-state index in [1.807, 2.05) is 16.4 Å². The SMILES string of the molecule is O=C(O)c1ccc2nnn(C3CCSC3)c2c1. The van der Waals surface area contributed by atoms with Gasteiger partial charge in [0.1, 0.15) is 5.52 Å². The second-order valence-corrected chi connectivity index (χ2v) is 5.21. The van der Waals surface area contributed by atoms with Crippen LogP contribution < -0.4 is 0 Å². The number of carboxylic acid groups (broad SMARTS) is 1. The quantitative estimate of drug-likeness (QED) is 0.879. The van der Waals surface area contributed by atoms with Crippen molar-refractivity contribution in [2.75, 3.05) is 11.5 Å². The predicted molar refractivity (Wildman–Crippen MR) is 65.5 cm³/mol. The Hall–Kier alpha value is -1.56. The lowest BCUT2D eigenvalue weighted by atomic mass is 10.2. The van der Waals surface area contributed by atoms with Gasteiger partial charge >= 0.3 is 5.97 Å². The first kappa shape index (κ1) is 10.6. The van der Waals surface area contributed by atoms with E-state index < -0.39 is 5.97 Å². The Morgan fingerprint density at radius 3 is 3.12 bits per heavy atom. The minimum absolute atomic E-state index is 0.284. The van der Waals surface area contributed by atoms with Gasteiger partial charge in [-0.2, -0.15) is 11.8 Å². The summed E-state index contributed by atoms with van der Waals surface area (Å²) < 4.78 is 1.86. The van der Waals surface area contributed by atoms with Gasteiger partial charge in [0.2, 0.25) is 0 Å². The molecule has 0 spiro atoms. The van der Waals surface area contributed by atoms with Crippen LogP contribution in [0.3, 0.4) is 0 Å². The topological polar surface area (TPSA) is 68.0 Å². The summed E-state index contributed by atoms with van der Waals surface area (Å²) >= 11 is 1.89. The number of benzene rings is 1. The highest BCUT2D eigenvalue weighted by molar-refractivity contribution is 7.99. The molecule has 1 aliphatic rings. The van der Waals surface area contributed by atoms with Crippen LogP contribution >= 0.6 is 11.8 Å². The Balaban J connectivity index is 2.11. The average Bonchev–Trinajstić information content (AvgIpc) is 2.96. The Morgan fingerprint density at radius 1 is 1.53 bits per heavy atom. The van der Waals surface area contributed by atoms with Gasteiger partial charge in [0.15, 0.2) is 0 Å². The summed E-state index contributed by atoms with van der Waals surface area (Å²) in [4.78, 5) is 10.9. The summed E-state index contributed by atoms with van der Waals surface area (Å²) in [6.07, 6.45) is 1.07. The van der Waals surface area contributed by atoms with E-state index in [0.717, 1.165) is 29.0 Å². The smallest absolute Gasteiger partial charge is 0.335 e. The zero-order valence-electron chi connectivity index (χ0n) is 9.04. The molecule has 2 heterocycles. The van der Waals surface area contributed by atoms with Crippen molar-refractivity contribution in [3.8, 4) is 0 Å². The Kier molecular flexibility index (Phi) is 2.51. The van der Waals surface area contributed by atoms with Gasteiger partial charge < -0.3 is 5.11 Å². The molecule has 2 aromatic rings. The first-order valence-electron chi connectivity index (χ1n) is 5.42. The Bertz CT molecular complexity index is 575. The molecule has 1 saturated heterocycles. The molecule has 5 nitrogen and oxygen atoms in total. The lowest BCUT2D eigenvalue weighted by Crippen LogP contribution is -2.09. The van der Waals surface area contributed by atoms with E-state index in [0.29, 0.717) is 6.04 Å². The molecule has 17 heavy (non-hydrogen) atoms. The van der Waals surface area contributed by atoms with Crippen LogP contribution in [0.2, 0.25) is 0 Å². The highest BCUT2D eigenvalue weighted by Gasteiger charge is 2.21. The van der Waals surface area contributed by atoms with Crippen molar-refractivity contribution in [3.63, 3.8) is 0 Å². The molecule has 0 bridgehead atoms. The van der Waals surface area contributed by atoms with Crippen molar-refractivity contribution in [1.82, 2.24) is 15.0 Å². The number of rotatable bonds is 2. The maximum Gasteiger partial charge on any atom is 0.335 e. The van der Waals surface area contributed by atoms with Gasteiger partial charge in [-0.05, 0) is 30.4 Å². The number of thioether (sulfide) groups is 1. The molecule has 0 radical (unpaired) electrons. The molecule has 0 amide bonds. The average molecular weight is 249 g/mol. The van der Waals surface area contributed by atoms with Crippen LogP contribution in [-0.2, 0) is 0 Å². The molecule has 6 heteroatoms. The number of aromatic carboxylic acids is 1. The Morgan fingerprint density at radius 2 is 2.41 bits per heavy atom. The predicted octanol–water partition coefficient (Wildman–Crippen LogP) is 1.81. The molecule has 3 rings (SSSR count). The zero-order chi connectivity index (χ0) is 11.8. The highest BCUT2D eigenvalue weighted by atomic mass is 32.2. The van der Waals surface area contributed by atoms with Gasteiger partial charge in [0.25, 0.3) is 0 Å². The fourth-order valence-corrected chi connectivity index (χ4v) is 3.24.